The van der Waals surface area contributed by atoms with Crippen LogP contribution < -0.4 is 5.32 Å². The Morgan fingerprint density at radius 2 is 1.59 bits per heavy atom. The molecule has 1 unspecified atom stereocenters. The largest absolute Gasteiger partial charge is 0.308 e. The van der Waals surface area contributed by atoms with Crippen molar-refractivity contribution in [1.29, 1.82) is 0 Å². The molecule has 1 heterocycles. The lowest BCUT2D eigenvalue weighted by molar-refractivity contribution is 0.0986. The number of sulfonamides is 1. The van der Waals surface area contributed by atoms with Gasteiger partial charge in [-0.2, -0.15) is 4.31 Å². The summed E-state index contributed by atoms with van der Waals surface area (Å²) in [6, 6.07) is 15.1. The fourth-order valence-corrected chi connectivity index (χ4v) is 5.74. The predicted molar refractivity (Wildman–Crippen MR) is 128 cm³/mol. The van der Waals surface area contributed by atoms with E-state index < -0.39 is 10.0 Å². The number of nitrogens with zero attached hydrogens (tertiary/aromatic N) is 2. The van der Waals surface area contributed by atoms with Crippen LogP contribution in [0, 0.1) is 6.92 Å². The van der Waals surface area contributed by atoms with Crippen molar-refractivity contribution in [3.8, 4) is 0 Å². The second-order valence-electron chi connectivity index (χ2n) is 8.34. The summed E-state index contributed by atoms with van der Waals surface area (Å²) < 4.78 is 26.8. The minimum atomic E-state index is -3.46. The number of ketones is 1. The van der Waals surface area contributed by atoms with Gasteiger partial charge in [0, 0.05) is 31.2 Å². The minimum absolute atomic E-state index is 0.0441. The molecule has 1 fully saturated rings. The van der Waals surface area contributed by atoms with Gasteiger partial charge < -0.3 is 5.32 Å². The number of likely N-dealkylation sites (N-methyl/N-ethyl adjacent to an activating group) is 1. The number of carbonyl (C=O) groups is 1. The fourth-order valence-electron chi connectivity index (χ4n) is 4.23. The number of hydrogen-bond donors (Lipinski definition) is 1. The van der Waals surface area contributed by atoms with Crippen LogP contribution in [0.1, 0.15) is 54.2 Å². The van der Waals surface area contributed by atoms with Gasteiger partial charge in [0.2, 0.25) is 10.0 Å². The van der Waals surface area contributed by atoms with Gasteiger partial charge in [-0.15, -0.1) is 0 Å². The third kappa shape index (κ3) is 5.84. The average Bonchev–Trinajstić information content (AvgIpc) is 3.35. The van der Waals surface area contributed by atoms with Crippen molar-refractivity contribution in [2.24, 2.45) is 0 Å². The van der Waals surface area contributed by atoms with Crippen LogP contribution in [0.15, 0.2) is 53.4 Å². The first-order valence-electron chi connectivity index (χ1n) is 11.5. The highest BCUT2D eigenvalue weighted by atomic mass is 32.2. The van der Waals surface area contributed by atoms with E-state index in [0.717, 1.165) is 25.9 Å². The van der Waals surface area contributed by atoms with E-state index in [0.29, 0.717) is 25.2 Å². The number of carbonyl (C=O) groups excluding carboxylic acids is 1. The van der Waals surface area contributed by atoms with Crippen LogP contribution in [0.5, 0.6) is 0 Å². The molecule has 0 bridgehead atoms. The molecule has 0 saturated carbocycles. The molecule has 1 aliphatic rings. The molecule has 2 aromatic rings. The summed E-state index contributed by atoms with van der Waals surface area (Å²) in [5.41, 5.74) is 2.98. The van der Waals surface area contributed by atoms with Gasteiger partial charge in [0.25, 0.3) is 0 Å². The molecule has 1 atom stereocenters. The molecule has 6 nitrogen and oxygen atoms in total. The molecular weight excluding hydrogens is 422 g/mol. The molecule has 0 amide bonds. The van der Waals surface area contributed by atoms with Gasteiger partial charge in [-0.1, -0.05) is 55.8 Å². The second kappa shape index (κ2) is 11.2. The number of benzene rings is 2. The zero-order chi connectivity index (χ0) is 23.1. The molecule has 3 rings (SSSR count). The number of Topliss-reactive ketones (excluding diaryl/α,β-unsaturated/α-hetero) is 1. The van der Waals surface area contributed by atoms with Crippen molar-refractivity contribution in [2.75, 3.05) is 39.3 Å². The third-order valence-electron chi connectivity index (χ3n) is 6.22. The van der Waals surface area contributed by atoms with Crippen LogP contribution in [-0.4, -0.2) is 62.7 Å². The lowest BCUT2D eigenvalue weighted by Gasteiger charge is -2.30. The Hall–Kier alpha value is -2.06. The molecule has 174 valence electrons. The van der Waals surface area contributed by atoms with Crippen molar-refractivity contribution in [3.05, 3.63) is 65.2 Å². The Morgan fingerprint density at radius 3 is 2.16 bits per heavy atom. The van der Waals surface area contributed by atoms with E-state index in [1.165, 1.54) is 15.4 Å². The number of nitrogens with one attached hydrogen (secondary N) is 1. The summed E-state index contributed by atoms with van der Waals surface area (Å²) in [6.07, 6.45) is 1.80. The van der Waals surface area contributed by atoms with E-state index in [2.05, 4.69) is 55.3 Å². The van der Waals surface area contributed by atoms with Gasteiger partial charge >= 0.3 is 0 Å². The second-order valence-corrected chi connectivity index (χ2v) is 10.3. The maximum atomic E-state index is 12.7. The highest BCUT2D eigenvalue weighted by molar-refractivity contribution is 7.89. The lowest BCUT2D eigenvalue weighted by atomic mass is 10.0. The molecular formula is C25H35N3O3S. The van der Waals surface area contributed by atoms with Crippen LogP contribution in [0.25, 0.3) is 0 Å². The smallest absolute Gasteiger partial charge is 0.243 e. The monoisotopic (exact) mass is 457 g/mol. The summed E-state index contributed by atoms with van der Waals surface area (Å²) in [4.78, 5) is 15.3. The number of aryl methyl sites for hydroxylation is 1. The molecule has 1 aliphatic heterocycles. The Bertz CT molecular complexity index is 978. The number of rotatable bonds is 11. The topological polar surface area (TPSA) is 69.7 Å². The predicted octanol–water partition coefficient (Wildman–Crippen LogP) is 3.63. The van der Waals surface area contributed by atoms with E-state index in [-0.39, 0.29) is 23.3 Å². The van der Waals surface area contributed by atoms with Gasteiger partial charge in [0.1, 0.15) is 0 Å². The molecule has 0 aliphatic carbocycles. The normalized spacial score (nSPS) is 15.9. The lowest BCUT2D eigenvalue weighted by Crippen LogP contribution is -2.37. The third-order valence-corrected chi connectivity index (χ3v) is 8.13. The molecule has 0 aromatic heterocycles. The maximum absolute atomic E-state index is 12.7. The highest BCUT2D eigenvalue weighted by Gasteiger charge is 2.27. The van der Waals surface area contributed by atoms with Crippen molar-refractivity contribution >= 4 is 15.8 Å². The zero-order valence-electron chi connectivity index (χ0n) is 19.4. The van der Waals surface area contributed by atoms with Crippen LogP contribution >= 0.6 is 0 Å². The first kappa shape index (κ1) is 24.6. The fraction of sp³-hybridized carbons (Fsp3) is 0.480. The van der Waals surface area contributed by atoms with Crippen LogP contribution in [0.4, 0.5) is 0 Å². The van der Waals surface area contributed by atoms with E-state index in [4.69, 9.17) is 0 Å². The summed E-state index contributed by atoms with van der Waals surface area (Å²) in [7, 11) is -3.46. The summed E-state index contributed by atoms with van der Waals surface area (Å²) in [6.45, 7) is 10.2. The molecule has 1 saturated heterocycles. The quantitative estimate of drug-likeness (QED) is 0.522. The Balaban J connectivity index is 1.61. The van der Waals surface area contributed by atoms with E-state index in [1.54, 1.807) is 24.3 Å². The zero-order valence-corrected chi connectivity index (χ0v) is 20.2. The molecule has 2 aromatic carbocycles. The summed E-state index contributed by atoms with van der Waals surface area (Å²) >= 11 is 0. The van der Waals surface area contributed by atoms with Crippen molar-refractivity contribution < 1.29 is 13.2 Å². The standard InChI is InChI=1S/C25H35N3O3S/c1-4-27(5-2)24(21-10-8-20(3)9-11-21)18-26-19-25(29)22-12-14-23(15-13-22)32(30,31)28-16-6-7-17-28/h8-15,24,26H,4-7,16-19H2,1-3H3. The first-order valence-corrected chi connectivity index (χ1v) is 13.0. The number of hydrogen-bond acceptors (Lipinski definition) is 5. The van der Waals surface area contributed by atoms with E-state index >= 15 is 0 Å². The van der Waals surface area contributed by atoms with Crippen molar-refractivity contribution in [1.82, 2.24) is 14.5 Å². The average molecular weight is 458 g/mol. The van der Waals surface area contributed by atoms with Crippen LogP contribution in [0.3, 0.4) is 0 Å². The van der Waals surface area contributed by atoms with E-state index in [9.17, 15) is 13.2 Å². The van der Waals surface area contributed by atoms with E-state index in [1.807, 2.05) is 0 Å². The first-order chi connectivity index (χ1) is 15.4. The SMILES string of the molecule is CCN(CC)C(CNCC(=O)c1ccc(S(=O)(=O)N2CCCC2)cc1)c1ccc(C)cc1. The Kier molecular flexibility index (Phi) is 8.59. The summed E-state index contributed by atoms with van der Waals surface area (Å²) in [5.74, 6) is -0.0441. The van der Waals surface area contributed by atoms with Gasteiger partial charge in [-0.3, -0.25) is 9.69 Å². The van der Waals surface area contributed by atoms with Gasteiger partial charge in [0.15, 0.2) is 5.78 Å². The Morgan fingerprint density at radius 1 is 1.00 bits per heavy atom. The molecule has 1 N–H and O–H groups in total. The Labute approximate surface area is 192 Å². The van der Waals surface area contributed by atoms with Gasteiger partial charge in [-0.25, -0.2) is 8.42 Å². The van der Waals surface area contributed by atoms with Crippen molar-refractivity contribution in [3.63, 3.8) is 0 Å². The van der Waals surface area contributed by atoms with Gasteiger partial charge in [-0.05, 0) is 50.6 Å². The van der Waals surface area contributed by atoms with Crippen LogP contribution in [0.2, 0.25) is 0 Å². The molecule has 0 spiro atoms. The minimum Gasteiger partial charge on any atom is -0.308 e. The summed E-state index contributed by atoms with van der Waals surface area (Å²) in [5, 5.41) is 3.32. The van der Waals surface area contributed by atoms with Crippen molar-refractivity contribution in [2.45, 2.75) is 44.6 Å². The maximum Gasteiger partial charge on any atom is 0.243 e. The van der Waals surface area contributed by atoms with Gasteiger partial charge in [0.05, 0.1) is 11.4 Å². The molecule has 0 radical (unpaired) electrons. The van der Waals surface area contributed by atoms with Crippen LogP contribution in [-0.2, 0) is 10.0 Å². The molecule has 32 heavy (non-hydrogen) atoms. The molecule has 7 heteroatoms. The highest BCUT2D eigenvalue weighted by Crippen LogP contribution is 2.22.